The summed E-state index contributed by atoms with van der Waals surface area (Å²) < 4.78 is 27.4. The summed E-state index contributed by atoms with van der Waals surface area (Å²) in [6, 6.07) is 7.72. The number of para-hydroxylation sites is 1. The van der Waals surface area contributed by atoms with E-state index in [0.717, 1.165) is 10.9 Å². The molecule has 1 aliphatic rings. The number of piperidine rings is 1. The summed E-state index contributed by atoms with van der Waals surface area (Å²) in [7, 11) is -3.60. The Kier molecular flexibility index (Phi) is 4.39. The van der Waals surface area contributed by atoms with Gasteiger partial charge < -0.3 is 4.98 Å². The van der Waals surface area contributed by atoms with Gasteiger partial charge in [-0.1, -0.05) is 18.2 Å². The molecule has 0 spiro atoms. The molecule has 0 saturated carbocycles. The fourth-order valence-corrected chi connectivity index (χ4v) is 5.70. The van der Waals surface area contributed by atoms with E-state index in [2.05, 4.69) is 15.2 Å². The Morgan fingerprint density at radius 3 is 2.56 bits per heavy atom. The molecule has 8 heteroatoms. The van der Waals surface area contributed by atoms with Crippen LogP contribution in [0.2, 0.25) is 0 Å². The lowest BCUT2D eigenvalue weighted by molar-refractivity contribution is 0.0877. The van der Waals surface area contributed by atoms with E-state index in [0.29, 0.717) is 42.9 Å². The van der Waals surface area contributed by atoms with Crippen molar-refractivity contribution in [1.29, 1.82) is 0 Å². The number of carbonyl (C=O) groups is 1. The number of rotatable bonds is 4. The summed E-state index contributed by atoms with van der Waals surface area (Å²) >= 11 is 0. The number of nitrogens with one attached hydrogen (secondary N) is 2. The van der Waals surface area contributed by atoms with E-state index in [1.807, 2.05) is 24.3 Å². The topological polar surface area (TPSA) is 98.9 Å². The summed E-state index contributed by atoms with van der Waals surface area (Å²) in [5.74, 6) is -0.0811. The zero-order valence-electron chi connectivity index (χ0n) is 15.3. The molecule has 0 atom stereocenters. The molecule has 0 radical (unpaired) electrons. The predicted octanol–water partition coefficient (Wildman–Crippen LogP) is 2.79. The lowest BCUT2D eigenvalue weighted by Gasteiger charge is -2.30. The SMILES string of the molecule is Cc1n[nH]c(C)c1S(=O)(=O)N1CCC(C(=O)c2c[nH]c3ccccc23)CC1. The number of benzene rings is 1. The Morgan fingerprint density at radius 2 is 1.89 bits per heavy atom. The van der Waals surface area contributed by atoms with Gasteiger partial charge in [-0.3, -0.25) is 9.89 Å². The molecule has 142 valence electrons. The van der Waals surface area contributed by atoms with Crippen molar-refractivity contribution in [3.63, 3.8) is 0 Å². The Labute approximate surface area is 157 Å². The third-order valence-corrected chi connectivity index (χ3v) is 7.50. The number of carbonyl (C=O) groups excluding carboxylic acids is 1. The Bertz CT molecular complexity index is 1090. The van der Waals surface area contributed by atoms with Gasteiger partial charge in [0.15, 0.2) is 5.78 Å². The van der Waals surface area contributed by atoms with Crippen LogP contribution in [-0.2, 0) is 10.0 Å². The fraction of sp³-hybridized carbons (Fsp3) is 0.368. The van der Waals surface area contributed by atoms with Gasteiger partial charge in [0.1, 0.15) is 4.90 Å². The second-order valence-corrected chi connectivity index (χ2v) is 8.93. The van der Waals surface area contributed by atoms with E-state index in [1.165, 1.54) is 4.31 Å². The van der Waals surface area contributed by atoms with Gasteiger partial charge in [0.2, 0.25) is 10.0 Å². The van der Waals surface area contributed by atoms with Crippen molar-refractivity contribution in [1.82, 2.24) is 19.5 Å². The largest absolute Gasteiger partial charge is 0.360 e. The van der Waals surface area contributed by atoms with Gasteiger partial charge in [-0.05, 0) is 32.8 Å². The number of nitrogens with zero attached hydrogens (tertiary/aromatic N) is 2. The zero-order valence-corrected chi connectivity index (χ0v) is 16.1. The van der Waals surface area contributed by atoms with Crippen molar-refractivity contribution in [2.45, 2.75) is 31.6 Å². The number of fused-ring (bicyclic) bond motifs is 1. The Hall–Kier alpha value is -2.45. The van der Waals surface area contributed by atoms with Crippen LogP contribution in [0.1, 0.15) is 34.6 Å². The van der Waals surface area contributed by atoms with Crippen LogP contribution in [0.3, 0.4) is 0 Å². The first kappa shape index (κ1) is 17.9. The first-order valence-corrected chi connectivity index (χ1v) is 10.5. The number of Topliss-reactive ketones (excluding diaryl/α,β-unsaturated/α-hetero) is 1. The average Bonchev–Trinajstić information content (AvgIpc) is 3.24. The van der Waals surface area contributed by atoms with E-state index < -0.39 is 10.0 Å². The van der Waals surface area contributed by atoms with Crippen molar-refractivity contribution < 1.29 is 13.2 Å². The number of hydrogen-bond donors (Lipinski definition) is 2. The maximum absolute atomic E-state index is 13.0. The van der Waals surface area contributed by atoms with Crippen molar-refractivity contribution in [3.8, 4) is 0 Å². The number of aryl methyl sites for hydroxylation is 2. The number of H-pyrrole nitrogens is 2. The van der Waals surface area contributed by atoms with Gasteiger partial charge in [-0.2, -0.15) is 9.40 Å². The van der Waals surface area contributed by atoms with E-state index in [9.17, 15) is 13.2 Å². The molecular weight excluding hydrogens is 364 g/mol. The number of ketones is 1. The highest BCUT2D eigenvalue weighted by molar-refractivity contribution is 7.89. The minimum absolute atomic E-state index is 0.0835. The van der Waals surface area contributed by atoms with Crippen molar-refractivity contribution in [2.75, 3.05) is 13.1 Å². The lowest BCUT2D eigenvalue weighted by Crippen LogP contribution is -2.40. The monoisotopic (exact) mass is 386 g/mol. The zero-order chi connectivity index (χ0) is 19.2. The van der Waals surface area contributed by atoms with Crippen LogP contribution < -0.4 is 0 Å². The molecule has 0 unspecified atom stereocenters. The van der Waals surface area contributed by atoms with Crippen LogP contribution in [0.25, 0.3) is 10.9 Å². The molecule has 1 aromatic carbocycles. The molecule has 2 N–H and O–H groups in total. The quantitative estimate of drug-likeness (QED) is 0.674. The molecule has 1 saturated heterocycles. The van der Waals surface area contributed by atoms with Gasteiger partial charge in [-0.25, -0.2) is 8.42 Å². The molecular formula is C19H22N4O3S. The van der Waals surface area contributed by atoms with Crippen LogP contribution in [0.15, 0.2) is 35.4 Å². The lowest BCUT2D eigenvalue weighted by atomic mass is 9.89. The molecule has 1 fully saturated rings. The fourth-order valence-electron chi connectivity index (χ4n) is 3.90. The minimum Gasteiger partial charge on any atom is -0.360 e. The highest BCUT2D eigenvalue weighted by atomic mass is 32.2. The summed E-state index contributed by atoms with van der Waals surface area (Å²) in [6.07, 6.45) is 2.80. The maximum atomic E-state index is 13.0. The van der Waals surface area contributed by atoms with Crippen molar-refractivity contribution >= 4 is 26.7 Å². The molecule has 4 rings (SSSR count). The predicted molar refractivity (Wildman–Crippen MR) is 102 cm³/mol. The van der Waals surface area contributed by atoms with E-state index in [1.54, 1.807) is 20.0 Å². The van der Waals surface area contributed by atoms with E-state index >= 15 is 0 Å². The van der Waals surface area contributed by atoms with Gasteiger partial charge in [0.25, 0.3) is 0 Å². The summed E-state index contributed by atoms with van der Waals surface area (Å²) in [4.78, 5) is 16.4. The third kappa shape index (κ3) is 2.98. The molecule has 2 aromatic heterocycles. The Balaban J connectivity index is 1.51. The van der Waals surface area contributed by atoms with E-state index in [-0.39, 0.29) is 16.6 Å². The standard InChI is InChI=1S/C19H22N4O3S/c1-12-19(13(2)22-21-12)27(25,26)23-9-7-14(8-10-23)18(24)16-11-20-17-6-4-3-5-15(16)17/h3-6,11,14,20H,7-10H2,1-2H3,(H,21,22). The minimum atomic E-state index is -3.60. The number of hydrogen-bond acceptors (Lipinski definition) is 4. The van der Waals surface area contributed by atoms with Crippen LogP contribution in [0.4, 0.5) is 0 Å². The molecule has 27 heavy (non-hydrogen) atoms. The number of sulfonamides is 1. The molecule has 0 aliphatic carbocycles. The summed E-state index contributed by atoms with van der Waals surface area (Å²) in [6.45, 7) is 4.07. The molecule has 1 aliphatic heterocycles. The summed E-state index contributed by atoms with van der Waals surface area (Å²) in [5, 5.41) is 7.64. The smallest absolute Gasteiger partial charge is 0.246 e. The highest BCUT2D eigenvalue weighted by Crippen LogP contribution is 2.30. The van der Waals surface area contributed by atoms with Crippen LogP contribution >= 0.6 is 0 Å². The second-order valence-electron chi connectivity index (χ2n) is 7.05. The highest BCUT2D eigenvalue weighted by Gasteiger charge is 2.35. The number of aromatic nitrogens is 3. The van der Waals surface area contributed by atoms with Gasteiger partial charge in [0, 0.05) is 41.7 Å². The number of aromatic amines is 2. The molecule has 3 aromatic rings. The molecule has 0 bridgehead atoms. The molecule has 3 heterocycles. The van der Waals surface area contributed by atoms with Crippen LogP contribution in [0.5, 0.6) is 0 Å². The first-order valence-electron chi connectivity index (χ1n) is 9.01. The molecule has 7 nitrogen and oxygen atoms in total. The van der Waals surface area contributed by atoms with Gasteiger partial charge in [0.05, 0.1) is 11.4 Å². The Morgan fingerprint density at radius 1 is 1.19 bits per heavy atom. The van der Waals surface area contributed by atoms with Gasteiger partial charge in [-0.15, -0.1) is 0 Å². The van der Waals surface area contributed by atoms with Crippen LogP contribution in [-0.4, -0.2) is 46.8 Å². The van der Waals surface area contributed by atoms with Crippen molar-refractivity contribution in [3.05, 3.63) is 47.4 Å². The van der Waals surface area contributed by atoms with Crippen LogP contribution in [0, 0.1) is 19.8 Å². The van der Waals surface area contributed by atoms with Crippen molar-refractivity contribution in [2.24, 2.45) is 5.92 Å². The first-order chi connectivity index (χ1) is 12.9. The summed E-state index contributed by atoms with van der Waals surface area (Å²) in [5.41, 5.74) is 2.65. The normalized spacial score (nSPS) is 16.8. The van der Waals surface area contributed by atoms with E-state index in [4.69, 9.17) is 0 Å². The van der Waals surface area contributed by atoms with Gasteiger partial charge >= 0.3 is 0 Å². The maximum Gasteiger partial charge on any atom is 0.246 e. The average molecular weight is 386 g/mol. The second kappa shape index (κ2) is 6.61. The molecule has 0 amide bonds. The third-order valence-electron chi connectivity index (χ3n) is 5.34.